The van der Waals surface area contributed by atoms with E-state index in [0.717, 1.165) is 27.5 Å². The molecule has 0 amide bonds. The Morgan fingerprint density at radius 3 is 2.77 bits per heavy atom. The molecule has 5 heteroatoms. The van der Waals surface area contributed by atoms with E-state index in [2.05, 4.69) is 11.1 Å². The van der Waals surface area contributed by atoms with Gasteiger partial charge in [0.2, 0.25) is 0 Å². The van der Waals surface area contributed by atoms with Crippen molar-refractivity contribution < 1.29 is 4.74 Å². The molecular weight excluding hydrogens is 298 g/mol. The van der Waals surface area contributed by atoms with Gasteiger partial charge in [0, 0.05) is 16.8 Å². The minimum absolute atomic E-state index is 0.344. The number of halogens is 1. The van der Waals surface area contributed by atoms with Gasteiger partial charge in [0.05, 0.1) is 37.6 Å². The number of ether oxygens (including phenoxy) is 1. The molecule has 22 heavy (non-hydrogen) atoms. The van der Waals surface area contributed by atoms with Crippen LogP contribution in [0.5, 0.6) is 0 Å². The number of pyridine rings is 1. The van der Waals surface area contributed by atoms with E-state index in [1.165, 1.54) is 0 Å². The maximum Gasteiger partial charge on any atom is 0.142 e. The second kappa shape index (κ2) is 6.61. The SMILES string of the molecule is N#CCc1cnc2c(COCc3ccc(Cl)cc3)cccn12. The monoisotopic (exact) mass is 311 g/mol. The van der Waals surface area contributed by atoms with Crippen LogP contribution in [0.3, 0.4) is 0 Å². The molecule has 1 aromatic carbocycles. The van der Waals surface area contributed by atoms with Crippen LogP contribution in [0.25, 0.3) is 5.65 Å². The number of hydrogen-bond acceptors (Lipinski definition) is 3. The van der Waals surface area contributed by atoms with Gasteiger partial charge in [-0.1, -0.05) is 29.8 Å². The van der Waals surface area contributed by atoms with Crippen molar-refractivity contribution in [3.8, 4) is 6.07 Å². The van der Waals surface area contributed by atoms with E-state index >= 15 is 0 Å². The molecule has 0 atom stereocenters. The van der Waals surface area contributed by atoms with Crippen molar-refractivity contribution in [1.82, 2.24) is 9.38 Å². The fraction of sp³-hybridized carbons (Fsp3) is 0.176. The molecular formula is C17H14ClN3O. The van der Waals surface area contributed by atoms with Crippen LogP contribution in [0.1, 0.15) is 16.8 Å². The Morgan fingerprint density at radius 1 is 1.18 bits per heavy atom. The van der Waals surface area contributed by atoms with Crippen LogP contribution in [0, 0.1) is 11.3 Å². The van der Waals surface area contributed by atoms with Crippen LogP contribution >= 0.6 is 11.6 Å². The Bertz CT molecular complexity index is 818. The summed E-state index contributed by atoms with van der Waals surface area (Å²) >= 11 is 5.86. The molecule has 0 aliphatic carbocycles. The van der Waals surface area contributed by atoms with Gasteiger partial charge in [0.25, 0.3) is 0 Å². The van der Waals surface area contributed by atoms with E-state index < -0.39 is 0 Å². The van der Waals surface area contributed by atoms with Gasteiger partial charge < -0.3 is 9.14 Å². The highest BCUT2D eigenvalue weighted by molar-refractivity contribution is 6.30. The molecule has 0 bridgehead atoms. The lowest BCUT2D eigenvalue weighted by molar-refractivity contribution is 0.107. The molecule has 0 radical (unpaired) electrons. The van der Waals surface area contributed by atoms with Crippen LogP contribution < -0.4 is 0 Å². The highest BCUT2D eigenvalue weighted by Crippen LogP contribution is 2.15. The van der Waals surface area contributed by atoms with E-state index in [9.17, 15) is 0 Å². The molecule has 110 valence electrons. The van der Waals surface area contributed by atoms with Gasteiger partial charge in [-0.25, -0.2) is 4.98 Å². The lowest BCUT2D eigenvalue weighted by Crippen LogP contribution is -1.98. The van der Waals surface area contributed by atoms with Crippen LogP contribution in [0.4, 0.5) is 0 Å². The second-order valence-electron chi connectivity index (χ2n) is 4.93. The third kappa shape index (κ3) is 3.11. The largest absolute Gasteiger partial charge is 0.372 e. The summed E-state index contributed by atoms with van der Waals surface area (Å²) in [6, 6.07) is 13.7. The van der Waals surface area contributed by atoms with Crippen molar-refractivity contribution in [1.29, 1.82) is 5.26 Å². The van der Waals surface area contributed by atoms with Gasteiger partial charge in [0.15, 0.2) is 0 Å². The van der Waals surface area contributed by atoms with Gasteiger partial charge in [-0.2, -0.15) is 5.26 Å². The summed E-state index contributed by atoms with van der Waals surface area (Å²) in [6.07, 6.45) is 4.00. The number of hydrogen-bond donors (Lipinski definition) is 0. The molecule has 0 N–H and O–H groups in total. The zero-order chi connectivity index (χ0) is 15.4. The minimum Gasteiger partial charge on any atom is -0.372 e. The van der Waals surface area contributed by atoms with Crippen LogP contribution in [0.2, 0.25) is 5.02 Å². The summed E-state index contributed by atoms with van der Waals surface area (Å²) in [5, 5.41) is 9.55. The molecule has 2 aromatic heterocycles. The van der Waals surface area contributed by atoms with Gasteiger partial charge in [0.1, 0.15) is 5.65 Å². The van der Waals surface area contributed by atoms with Crippen molar-refractivity contribution in [2.75, 3.05) is 0 Å². The van der Waals surface area contributed by atoms with Gasteiger partial charge in [-0.15, -0.1) is 0 Å². The number of benzene rings is 1. The third-order valence-corrected chi connectivity index (χ3v) is 3.64. The predicted molar refractivity (Wildman–Crippen MR) is 84.5 cm³/mol. The van der Waals surface area contributed by atoms with E-state index in [1.807, 2.05) is 47.0 Å². The first-order valence-corrected chi connectivity index (χ1v) is 7.28. The number of imidazole rings is 1. The Labute approximate surface area is 133 Å². The number of nitrogens with zero attached hydrogens (tertiary/aromatic N) is 3. The molecule has 0 saturated carbocycles. The molecule has 0 aliphatic rings. The van der Waals surface area contributed by atoms with E-state index in [1.54, 1.807) is 6.20 Å². The number of rotatable bonds is 5. The first kappa shape index (κ1) is 14.6. The number of nitriles is 1. The Balaban J connectivity index is 1.71. The lowest BCUT2D eigenvalue weighted by atomic mass is 10.2. The van der Waals surface area contributed by atoms with E-state index in [0.29, 0.717) is 19.6 Å². The normalized spacial score (nSPS) is 10.7. The smallest absolute Gasteiger partial charge is 0.142 e. The topological polar surface area (TPSA) is 50.3 Å². The van der Waals surface area contributed by atoms with Crippen LogP contribution in [-0.2, 0) is 24.4 Å². The van der Waals surface area contributed by atoms with Crippen molar-refractivity contribution in [2.45, 2.75) is 19.6 Å². The quantitative estimate of drug-likeness (QED) is 0.720. The predicted octanol–water partition coefficient (Wildman–Crippen LogP) is 3.77. The highest BCUT2D eigenvalue weighted by atomic mass is 35.5. The fourth-order valence-corrected chi connectivity index (χ4v) is 2.43. The van der Waals surface area contributed by atoms with Crippen molar-refractivity contribution in [3.05, 3.63) is 70.6 Å². The average Bonchev–Trinajstić information content (AvgIpc) is 2.94. The Morgan fingerprint density at radius 2 is 2.00 bits per heavy atom. The van der Waals surface area contributed by atoms with Crippen molar-refractivity contribution in [3.63, 3.8) is 0 Å². The second-order valence-corrected chi connectivity index (χ2v) is 5.37. The van der Waals surface area contributed by atoms with Gasteiger partial charge in [-0.05, 0) is 23.8 Å². The zero-order valence-electron chi connectivity index (χ0n) is 11.9. The molecule has 0 unspecified atom stereocenters. The lowest BCUT2D eigenvalue weighted by Gasteiger charge is -2.07. The maximum absolute atomic E-state index is 8.83. The summed E-state index contributed by atoms with van der Waals surface area (Å²) in [5.74, 6) is 0. The van der Waals surface area contributed by atoms with E-state index in [-0.39, 0.29) is 0 Å². The summed E-state index contributed by atoms with van der Waals surface area (Å²) in [5.41, 5.74) is 3.80. The third-order valence-electron chi connectivity index (χ3n) is 3.39. The molecule has 2 heterocycles. The summed E-state index contributed by atoms with van der Waals surface area (Å²) in [6.45, 7) is 0.986. The Hall–Kier alpha value is -2.35. The van der Waals surface area contributed by atoms with Crippen LogP contribution in [-0.4, -0.2) is 9.38 Å². The summed E-state index contributed by atoms with van der Waals surface area (Å²) in [4.78, 5) is 4.39. The maximum atomic E-state index is 8.83. The van der Waals surface area contributed by atoms with Gasteiger partial charge >= 0.3 is 0 Å². The molecule has 3 rings (SSSR count). The summed E-state index contributed by atoms with van der Waals surface area (Å²) < 4.78 is 7.70. The number of aromatic nitrogens is 2. The minimum atomic E-state index is 0.344. The van der Waals surface area contributed by atoms with E-state index in [4.69, 9.17) is 21.6 Å². The molecule has 0 spiro atoms. The first-order valence-electron chi connectivity index (χ1n) is 6.91. The molecule has 3 aromatic rings. The van der Waals surface area contributed by atoms with Gasteiger partial charge in [-0.3, -0.25) is 0 Å². The molecule has 0 fully saturated rings. The van der Waals surface area contributed by atoms with Crippen LogP contribution in [0.15, 0.2) is 48.8 Å². The zero-order valence-corrected chi connectivity index (χ0v) is 12.6. The van der Waals surface area contributed by atoms with Crippen molar-refractivity contribution in [2.24, 2.45) is 0 Å². The molecule has 4 nitrogen and oxygen atoms in total. The standard InChI is InChI=1S/C17H14ClN3O/c18-15-5-3-13(4-6-15)11-22-12-14-2-1-9-21-16(7-8-19)10-20-17(14)21/h1-6,9-10H,7,11-12H2. The molecule has 0 saturated heterocycles. The number of fused-ring (bicyclic) bond motifs is 1. The summed E-state index contributed by atoms with van der Waals surface area (Å²) in [7, 11) is 0. The first-order chi connectivity index (χ1) is 10.8. The average molecular weight is 312 g/mol. The molecule has 0 aliphatic heterocycles. The Kier molecular flexibility index (Phi) is 4.38. The fourth-order valence-electron chi connectivity index (χ4n) is 2.30. The highest BCUT2D eigenvalue weighted by Gasteiger charge is 2.07. The van der Waals surface area contributed by atoms with Crippen molar-refractivity contribution >= 4 is 17.2 Å².